The van der Waals surface area contributed by atoms with E-state index in [0.29, 0.717) is 5.69 Å². The first-order chi connectivity index (χ1) is 7.77. The van der Waals surface area contributed by atoms with Crippen LogP contribution in [0.2, 0.25) is 0 Å². The standard InChI is InChI=1S/C11H11N3O2/c12-10(8-4-2-1-3-5-8)11(15)14-9-6-13-16-7-9/h1-7,10H,12H2,(H,14,15)/t10-/m1/s1. The Morgan fingerprint density at radius 2 is 2.12 bits per heavy atom. The van der Waals surface area contributed by atoms with E-state index in [4.69, 9.17) is 5.73 Å². The van der Waals surface area contributed by atoms with Crippen LogP contribution in [0.15, 0.2) is 47.3 Å². The summed E-state index contributed by atoms with van der Waals surface area (Å²) in [6.07, 6.45) is 2.76. The number of carbonyl (C=O) groups is 1. The Balaban J connectivity index is 2.05. The van der Waals surface area contributed by atoms with Crippen molar-refractivity contribution >= 4 is 11.6 Å². The molecule has 5 nitrogen and oxygen atoms in total. The molecule has 16 heavy (non-hydrogen) atoms. The van der Waals surface area contributed by atoms with Crippen molar-refractivity contribution in [2.45, 2.75) is 6.04 Å². The average Bonchev–Trinajstić information content (AvgIpc) is 2.82. The van der Waals surface area contributed by atoms with Crippen LogP contribution in [0.1, 0.15) is 11.6 Å². The van der Waals surface area contributed by atoms with E-state index in [0.717, 1.165) is 5.56 Å². The van der Waals surface area contributed by atoms with Crippen LogP contribution in [0.3, 0.4) is 0 Å². The molecule has 1 aromatic carbocycles. The average molecular weight is 217 g/mol. The molecule has 1 heterocycles. The maximum absolute atomic E-state index is 11.7. The van der Waals surface area contributed by atoms with Gasteiger partial charge in [0.1, 0.15) is 18.0 Å². The maximum atomic E-state index is 11.7. The Labute approximate surface area is 92.2 Å². The quantitative estimate of drug-likeness (QED) is 0.812. The summed E-state index contributed by atoms with van der Waals surface area (Å²) in [7, 11) is 0. The highest BCUT2D eigenvalue weighted by Gasteiger charge is 2.15. The molecule has 1 atom stereocenters. The van der Waals surface area contributed by atoms with Crippen LogP contribution in [-0.4, -0.2) is 11.1 Å². The molecule has 2 aromatic rings. The van der Waals surface area contributed by atoms with Gasteiger partial charge >= 0.3 is 0 Å². The molecule has 0 radical (unpaired) electrons. The predicted molar refractivity (Wildman–Crippen MR) is 58.5 cm³/mol. The molecule has 3 N–H and O–H groups in total. The predicted octanol–water partition coefficient (Wildman–Crippen LogP) is 1.31. The monoisotopic (exact) mass is 217 g/mol. The molecule has 0 aliphatic heterocycles. The van der Waals surface area contributed by atoms with Gasteiger partial charge in [-0.25, -0.2) is 0 Å². The molecule has 1 amide bonds. The van der Waals surface area contributed by atoms with E-state index in [2.05, 4.69) is 15.0 Å². The SMILES string of the molecule is N[C@@H](C(=O)Nc1cnoc1)c1ccccc1. The molecule has 0 bridgehead atoms. The van der Waals surface area contributed by atoms with Gasteiger partial charge in [0.05, 0.1) is 6.20 Å². The van der Waals surface area contributed by atoms with Crippen molar-refractivity contribution in [2.75, 3.05) is 5.32 Å². The van der Waals surface area contributed by atoms with Gasteiger partial charge in [0, 0.05) is 0 Å². The Morgan fingerprint density at radius 3 is 2.75 bits per heavy atom. The summed E-state index contributed by atoms with van der Waals surface area (Å²) in [6, 6.07) is 8.45. The van der Waals surface area contributed by atoms with Gasteiger partial charge in [-0.05, 0) is 5.56 Å². The Morgan fingerprint density at radius 1 is 1.38 bits per heavy atom. The second kappa shape index (κ2) is 4.59. The van der Waals surface area contributed by atoms with Crippen molar-refractivity contribution in [3.8, 4) is 0 Å². The molecule has 5 heteroatoms. The van der Waals surface area contributed by atoms with E-state index >= 15 is 0 Å². The van der Waals surface area contributed by atoms with Crippen LogP contribution >= 0.6 is 0 Å². The Bertz CT molecular complexity index is 453. The van der Waals surface area contributed by atoms with Crippen LogP contribution < -0.4 is 11.1 Å². The van der Waals surface area contributed by atoms with E-state index in [1.807, 2.05) is 18.2 Å². The number of hydrogen-bond acceptors (Lipinski definition) is 4. The van der Waals surface area contributed by atoms with Gasteiger partial charge in [0.2, 0.25) is 5.91 Å². The van der Waals surface area contributed by atoms with Crippen LogP contribution in [0.4, 0.5) is 5.69 Å². The molecule has 82 valence electrons. The lowest BCUT2D eigenvalue weighted by Gasteiger charge is -2.10. The fourth-order valence-electron chi connectivity index (χ4n) is 1.30. The number of rotatable bonds is 3. The maximum Gasteiger partial charge on any atom is 0.246 e. The van der Waals surface area contributed by atoms with Gasteiger partial charge in [-0.1, -0.05) is 35.5 Å². The highest BCUT2D eigenvalue weighted by molar-refractivity contribution is 5.95. The molecule has 0 aliphatic rings. The van der Waals surface area contributed by atoms with E-state index in [1.165, 1.54) is 12.5 Å². The fourth-order valence-corrected chi connectivity index (χ4v) is 1.30. The number of nitrogens with one attached hydrogen (secondary N) is 1. The highest BCUT2D eigenvalue weighted by atomic mass is 16.5. The Kier molecular flexibility index (Phi) is 2.98. The topological polar surface area (TPSA) is 81.2 Å². The van der Waals surface area contributed by atoms with Crippen molar-refractivity contribution < 1.29 is 9.32 Å². The third-order valence-electron chi connectivity index (χ3n) is 2.14. The molecule has 0 fully saturated rings. The number of nitrogens with zero attached hydrogens (tertiary/aromatic N) is 1. The second-order valence-electron chi connectivity index (χ2n) is 3.29. The number of anilines is 1. The van der Waals surface area contributed by atoms with Gasteiger partial charge in [0.15, 0.2) is 0 Å². The summed E-state index contributed by atoms with van der Waals surface area (Å²) in [5.41, 5.74) is 7.05. The largest absolute Gasteiger partial charge is 0.363 e. The molecular formula is C11H11N3O2. The molecule has 0 saturated heterocycles. The van der Waals surface area contributed by atoms with E-state index < -0.39 is 6.04 Å². The smallest absolute Gasteiger partial charge is 0.246 e. The van der Waals surface area contributed by atoms with Crippen molar-refractivity contribution in [1.82, 2.24) is 5.16 Å². The number of amides is 1. The molecule has 2 rings (SSSR count). The third-order valence-corrected chi connectivity index (χ3v) is 2.14. The van der Waals surface area contributed by atoms with Crippen LogP contribution in [0.25, 0.3) is 0 Å². The summed E-state index contributed by atoms with van der Waals surface area (Å²) in [4.78, 5) is 11.7. The minimum Gasteiger partial charge on any atom is -0.363 e. The van der Waals surface area contributed by atoms with Gasteiger partial charge in [0.25, 0.3) is 0 Å². The van der Waals surface area contributed by atoms with Crippen LogP contribution in [-0.2, 0) is 4.79 Å². The second-order valence-corrected chi connectivity index (χ2v) is 3.29. The molecular weight excluding hydrogens is 206 g/mol. The minimum atomic E-state index is -0.698. The van der Waals surface area contributed by atoms with Crippen molar-refractivity contribution in [3.63, 3.8) is 0 Å². The first-order valence-corrected chi connectivity index (χ1v) is 4.78. The summed E-state index contributed by atoms with van der Waals surface area (Å²) < 4.78 is 4.60. The third kappa shape index (κ3) is 2.26. The molecule has 0 spiro atoms. The van der Waals surface area contributed by atoms with Crippen molar-refractivity contribution in [3.05, 3.63) is 48.4 Å². The normalized spacial score (nSPS) is 12.1. The number of carbonyl (C=O) groups excluding carboxylic acids is 1. The highest BCUT2D eigenvalue weighted by Crippen LogP contribution is 2.12. The van der Waals surface area contributed by atoms with Gasteiger partial charge in [-0.15, -0.1) is 0 Å². The van der Waals surface area contributed by atoms with Crippen molar-refractivity contribution in [2.24, 2.45) is 5.73 Å². The number of nitrogens with two attached hydrogens (primary N) is 1. The number of hydrogen-bond donors (Lipinski definition) is 2. The lowest BCUT2D eigenvalue weighted by Crippen LogP contribution is -2.27. The number of benzene rings is 1. The summed E-state index contributed by atoms with van der Waals surface area (Å²) in [6.45, 7) is 0. The van der Waals surface area contributed by atoms with Gasteiger partial charge in [-0.2, -0.15) is 0 Å². The number of aromatic nitrogens is 1. The van der Waals surface area contributed by atoms with Crippen LogP contribution in [0.5, 0.6) is 0 Å². The van der Waals surface area contributed by atoms with E-state index in [9.17, 15) is 4.79 Å². The molecule has 0 aliphatic carbocycles. The molecule has 0 saturated carbocycles. The lowest BCUT2D eigenvalue weighted by molar-refractivity contribution is -0.117. The zero-order valence-corrected chi connectivity index (χ0v) is 8.46. The van der Waals surface area contributed by atoms with Gasteiger partial charge < -0.3 is 15.6 Å². The van der Waals surface area contributed by atoms with E-state index in [-0.39, 0.29) is 5.91 Å². The first-order valence-electron chi connectivity index (χ1n) is 4.78. The summed E-state index contributed by atoms with van der Waals surface area (Å²) >= 11 is 0. The first kappa shape index (κ1) is 10.4. The summed E-state index contributed by atoms with van der Waals surface area (Å²) in [5.74, 6) is -0.297. The zero-order valence-electron chi connectivity index (χ0n) is 8.46. The zero-order chi connectivity index (χ0) is 11.4. The fraction of sp³-hybridized carbons (Fsp3) is 0.0909. The molecule has 1 aromatic heterocycles. The summed E-state index contributed by atoms with van der Waals surface area (Å²) in [5, 5.41) is 6.08. The Hall–Kier alpha value is -2.14. The minimum absolute atomic E-state index is 0.297. The molecule has 0 unspecified atom stereocenters. The van der Waals surface area contributed by atoms with Gasteiger partial charge in [-0.3, -0.25) is 4.79 Å². The van der Waals surface area contributed by atoms with Crippen LogP contribution in [0, 0.1) is 0 Å². The lowest BCUT2D eigenvalue weighted by atomic mass is 10.1. The van der Waals surface area contributed by atoms with E-state index in [1.54, 1.807) is 12.1 Å². The van der Waals surface area contributed by atoms with Crippen molar-refractivity contribution in [1.29, 1.82) is 0 Å².